The van der Waals surface area contributed by atoms with Crippen molar-refractivity contribution in [3.05, 3.63) is 62.6 Å². The molecule has 3 rings (SSSR count). The number of hydrogen-bond acceptors (Lipinski definition) is 1. The Kier molecular flexibility index (Phi) is 4.48. The summed E-state index contributed by atoms with van der Waals surface area (Å²) in [6.07, 6.45) is 0. The second-order valence-corrected chi connectivity index (χ2v) is 7.84. The van der Waals surface area contributed by atoms with Crippen molar-refractivity contribution in [3.8, 4) is 5.75 Å². The van der Waals surface area contributed by atoms with Gasteiger partial charge in [-0.1, -0.05) is 46.9 Å². The maximum atomic E-state index is 6.48. The van der Waals surface area contributed by atoms with E-state index in [0.29, 0.717) is 15.1 Å². The molecule has 0 aromatic heterocycles. The molecule has 1 saturated carbocycles. The maximum absolute atomic E-state index is 6.48. The first-order valence-corrected chi connectivity index (χ1v) is 8.41. The molecule has 0 spiro atoms. The van der Waals surface area contributed by atoms with Crippen LogP contribution in [0.3, 0.4) is 0 Å². The molecule has 0 saturated heterocycles. The van der Waals surface area contributed by atoms with E-state index in [4.69, 9.17) is 62.7 Å². The van der Waals surface area contributed by atoms with Crippen molar-refractivity contribution in [1.82, 2.24) is 0 Å². The number of benzene rings is 2. The van der Waals surface area contributed by atoms with Crippen LogP contribution >= 0.6 is 58.0 Å². The molecule has 2 unspecified atom stereocenters. The van der Waals surface area contributed by atoms with Crippen LogP contribution in [-0.2, 0) is 0 Å². The van der Waals surface area contributed by atoms with Gasteiger partial charge in [0.15, 0.2) is 0 Å². The van der Waals surface area contributed by atoms with Gasteiger partial charge in [-0.2, -0.15) is 0 Å². The quantitative estimate of drug-likeness (QED) is 0.414. The number of methoxy groups -OCH3 is 1. The van der Waals surface area contributed by atoms with Crippen LogP contribution in [0.4, 0.5) is 0 Å². The van der Waals surface area contributed by atoms with Gasteiger partial charge in [0.1, 0.15) is 10.1 Å². The van der Waals surface area contributed by atoms with E-state index in [1.54, 1.807) is 19.2 Å². The van der Waals surface area contributed by atoms with Crippen LogP contribution in [0.1, 0.15) is 23.0 Å². The second-order valence-electron chi connectivity index (χ2n) is 5.20. The number of alkyl halides is 2. The highest BCUT2D eigenvalue weighted by molar-refractivity contribution is 6.52. The van der Waals surface area contributed by atoms with E-state index >= 15 is 0 Å². The highest BCUT2D eigenvalue weighted by Crippen LogP contribution is 2.70. The number of hydrogen-bond donors (Lipinski definition) is 0. The minimum absolute atomic E-state index is 0.0324. The van der Waals surface area contributed by atoms with Crippen molar-refractivity contribution in [1.29, 1.82) is 0 Å². The molecule has 2 atom stereocenters. The van der Waals surface area contributed by atoms with E-state index in [1.807, 2.05) is 24.3 Å². The van der Waals surface area contributed by atoms with Gasteiger partial charge in [-0.15, -0.1) is 23.2 Å². The molecule has 2 aromatic rings. The first kappa shape index (κ1) is 16.5. The topological polar surface area (TPSA) is 9.23 Å². The molecular formula is C16H11Cl5O. The lowest BCUT2D eigenvalue weighted by atomic mass is 10.0. The van der Waals surface area contributed by atoms with Gasteiger partial charge in [0, 0.05) is 11.8 Å². The molecule has 0 radical (unpaired) electrons. The minimum Gasteiger partial charge on any atom is -0.497 e. The maximum Gasteiger partial charge on any atom is 0.133 e. The van der Waals surface area contributed by atoms with Crippen molar-refractivity contribution in [2.24, 2.45) is 0 Å². The first-order chi connectivity index (χ1) is 10.4. The Morgan fingerprint density at radius 3 is 1.86 bits per heavy atom. The van der Waals surface area contributed by atoms with Gasteiger partial charge in [0.25, 0.3) is 0 Å². The molecule has 1 aliphatic rings. The summed E-state index contributed by atoms with van der Waals surface area (Å²) in [5.74, 6) is 0.666. The van der Waals surface area contributed by atoms with Crippen molar-refractivity contribution >= 4 is 58.0 Å². The van der Waals surface area contributed by atoms with Crippen LogP contribution in [0, 0.1) is 0 Å². The molecule has 0 heterocycles. The van der Waals surface area contributed by atoms with Gasteiger partial charge in [-0.05, 0) is 35.4 Å². The van der Waals surface area contributed by atoms with Gasteiger partial charge in [0.05, 0.1) is 22.2 Å². The Morgan fingerprint density at radius 1 is 0.864 bits per heavy atom. The predicted molar refractivity (Wildman–Crippen MR) is 94.4 cm³/mol. The average molecular weight is 397 g/mol. The summed E-state index contributed by atoms with van der Waals surface area (Å²) in [6.45, 7) is 0. The fraction of sp³-hybridized carbons (Fsp3) is 0.250. The van der Waals surface area contributed by atoms with Crippen LogP contribution in [-0.4, -0.2) is 11.4 Å². The molecule has 116 valence electrons. The molecule has 1 nitrogen and oxygen atoms in total. The molecule has 0 amide bonds. The zero-order valence-corrected chi connectivity index (χ0v) is 15.2. The van der Waals surface area contributed by atoms with E-state index in [0.717, 1.165) is 16.9 Å². The zero-order valence-electron chi connectivity index (χ0n) is 11.4. The van der Waals surface area contributed by atoms with E-state index < -0.39 is 4.33 Å². The van der Waals surface area contributed by atoms with Crippen molar-refractivity contribution < 1.29 is 4.74 Å². The van der Waals surface area contributed by atoms with Crippen LogP contribution in [0.25, 0.3) is 0 Å². The molecule has 0 aliphatic heterocycles. The molecule has 2 aromatic carbocycles. The van der Waals surface area contributed by atoms with Crippen LogP contribution in [0.5, 0.6) is 5.75 Å². The van der Waals surface area contributed by atoms with Crippen LogP contribution < -0.4 is 4.74 Å². The standard InChI is InChI=1S/C16H11Cl5O/c1-22-10-4-2-8(3-5-10)13-14(16(13,20)21)9-6-11(17)15(19)12(18)7-9/h2-7,13-14H,1H3. The summed E-state index contributed by atoms with van der Waals surface area (Å²) in [4.78, 5) is 0. The smallest absolute Gasteiger partial charge is 0.133 e. The van der Waals surface area contributed by atoms with Crippen LogP contribution in [0.2, 0.25) is 15.1 Å². The number of ether oxygens (including phenoxy) is 1. The van der Waals surface area contributed by atoms with E-state index in [9.17, 15) is 0 Å². The summed E-state index contributed by atoms with van der Waals surface area (Å²) in [7, 11) is 1.63. The van der Waals surface area contributed by atoms with E-state index in [1.165, 1.54) is 0 Å². The lowest BCUT2D eigenvalue weighted by molar-refractivity contribution is 0.414. The zero-order chi connectivity index (χ0) is 16.1. The minimum atomic E-state index is -0.894. The fourth-order valence-corrected chi connectivity index (χ4v) is 4.22. The molecule has 0 N–H and O–H groups in total. The van der Waals surface area contributed by atoms with Crippen molar-refractivity contribution in [2.75, 3.05) is 7.11 Å². The molecule has 0 bridgehead atoms. The first-order valence-electron chi connectivity index (χ1n) is 6.52. The van der Waals surface area contributed by atoms with Gasteiger partial charge in [-0.3, -0.25) is 0 Å². The van der Waals surface area contributed by atoms with Gasteiger partial charge < -0.3 is 4.74 Å². The van der Waals surface area contributed by atoms with Crippen molar-refractivity contribution in [3.63, 3.8) is 0 Å². The van der Waals surface area contributed by atoms with E-state index in [2.05, 4.69) is 0 Å². The Bertz CT molecular complexity index is 688. The summed E-state index contributed by atoms with van der Waals surface area (Å²) < 4.78 is 4.27. The predicted octanol–water partition coefficient (Wildman–Crippen LogP) is 6.71. The largest absolute Gasteiger partial charge is 0.497 e. The Labute approximate surface area is 154 Å². The lowest BCUT2D eigenvalue weighted by Gasteiger charge is -2.05. The molecule has 1 aliphatic carbocycles. The number of rotatable bonds is 3. The second kappa shape index (κ2) is 5.96. The number of halogens is 5. The highest BCUT2D eigenvalue weighted by atomic mass is 35.5. The normalized spacial score (nSPS) is 22.5. The summed E-state index contributed by atoms with van der Waals surface area (Å²) in [5, 5.41) is 1.13. The lowest BCUT2D eigenvalue weighted by Crippen LogP contribution is -1.91. The average Bonchev–Trinajstić information content (AvgIpc) is 3.07. The van der Waals surface area contributed by atoms with Crippen molar-refractivity contribution in [2.45, 2.75) is 16.2 Å². The Hall–Kier alpha value is -0.310. The third-order valence-corrected chi connectivity index (χ3v) is 6.03. The molecule has 6 heteroatoms. The van der Waals surface area contributed by atoms with Gasteiger partial charge in [-0.25, -0.2) is 0 Å². The van der Waals surface area contributed by atoms with Crippen LogP contribution in [0.15, 0.2) is 36.4 Å². The summed E-state index contributed by atoms with van der Waals surface area (Å²) in [6, 6.07) is 11.2. The van der Waals surface area contributed by atoms with Gasteiger partial charge in [0.2, 0.25) is 0 Å². The molecule has 22 heavy (non-hydrogen) atoms. The molecular weight excluding hydrogens is 385 g/mol. The summed E-state index contributed by atoms with van der Waals surface area (Å²) >= 11 is 31.1. The summed E-state index contributed by atoms with van der Waals surface area (Å²) in [5.41, 5.74) is 1.92. The monoisotopic (exact) mass is 394 g/mol. The van der Waals surface area contributed by atoms with Gasteiger partial charge >= 0.3 is 0 Å². The van der Waals surface area contributed by atoms with E-state index in [-0.39, 0.29) is 11.8 Å². The third-order valence-electron chi connectivity index (χ3n) is 3.89. The molecule has 1 fully saturated rings. The Morgan fingerprint density at radius 2 is 1.36 bits per heavy atom. The fourth-order valence-electron chi connectivity index (χ4n) is 2.72. The Balaban J connectivity index is 1.95. The highest BCUT2D eigenvalue weighted by Gasteiger charge is 2.64. The SMILES string of the molecule is COc1ccc(C2C(c3cc(Cl)c(Cl)c(Cl)c3)C2(Cl)Cl)cc1. The third kappa shape index (κ3) is 2.79.